The van der Waals surface area contributed by atoms with Gasteiger partial charge in [-0.1, -0.05) is 18.2 Å². The number of amides is 1. The van der Waals surface area contributed by atoms with E-state index >= 15 is 0 Å². The second-order valence-electron chi connectivity index (χ2n) is 10.0. The Morgan fingerprint density at radius 2 is 1.88 bits per heavy atom. The van der Waals surface area contributed by atoms with Crippen molar-refractivity contribution in [2.24, 2.45) is 0 Å². The number of nitrogens with one attached hydrogen (secondary N) is 3. The predicted molar refractivity (Wildman–Crippen MR) is 156 cm³/mol. The third kappa shape index (κ3) is 5.67. The molecule has 42 heavy (non-hydrogen) atoms. The zero-order valence-corrected chi connectivity index (χ0v) is 22.5. The highest BCUT2D eigenvalue weighted by molar-refractivity contribution is 6.07. The fourth-order valence-electron chi connectivity index (χ4n) is 4.96. The van der Waals surface area contributed by atoms with Crippen molar-refractivity contribution in [2.75, 3.05) is 17.2 Å². The molecule has 0 bridgehead atoms. The smallest absolute Gasteiger partial charge is 0.385 e. The van der Waals surface area contributed by atoms with Crippen LogP contribution in [0.2, 0.25) is 0 Å². The molecule has 0 saturated carbocycles. The van der Waals surface area contributed by atoms with Crippen LogP contribution < -0.4 is 10.6 Å². The molecule has 0 aliphatic rings. The van der Waals surface area contributed by atoms with Gasteiger partial charge in [-0.2, -0.15) is 13.2 Å². The molecule has 6 rings (SSSR count). The van der Waals surface area contributed by atoms with Crippen LogP contribution >= 0.6 is 0 Å². The van der Waals surface area contributed by atoms with Gasteiger partial charge in [0.2, 0.25) is 0 Å². The molecule has 3 heterocycles. The lowest BCUT2D eigenvalue weighted by Crippen LogP contribution is -2.15. The summed E-state index contributed by atoms with van der Waals surface area (Å²) in [6, 6.07) is 14.7. The Kier molecular flexibility index (Phi) is 7.07. The number of imidazole rings is 1. The number of H-pyrrole nitrogens is 1. The molecule has 0 unspecified atom stereocenters. The quantitative estimate of drug-likeness (QED) is 0.171. The molecule has 0 atom stereocenters. The van der Waals surface area contributed by atoms with Gasteiger partial charge in [-0.25, -0.2) is 15.0 Å². The molecule has 6 aromatic rings. The Balaban J connectivity index is 1.23. The summed E-state index contributed by atoms with van der Waals surface area (Å²) in [4.78, 5) is 28.9. The molecule has 0 saturated heterocycles. The first kappa shape index (κ1) is 27.0. The van der Waals surface area contributed by atoms with Gasteiger partial charge in [0.25, 0.3) is 5.91 Å². The van der Waals surface area contributed by atoms with Crippen LogP contribution in [0.5, 0.6) is 0 Å². The fourth-order valence-corrected chi connectivity index (χ4v) is 4.96. The molecule has 0 aliphatic heterocycles. The van der Waals surface area contributed by atoms with Gasteiger partial charge in [0.1, 0.15) is 12.0 Å². The highest BCUT2D eigenvalue weighted by Gasteiger charge is 2.32. The minimum Gasteiger partial charge on any atom is -0.385 e. The number of alkyl halides is 3. The van der Waals surface area contributed by atoms with Crippen molar-refractivity contribution >= 4 is 39.2 Å². The van der Waals surface area contributed by atoms with Crippen LogP contribution in [0.3, 0.4) is 0 Å². The number of carbonyl (C=O) groups is 1. The highest BCUT2D eigenvalue weighted by Crippen LogP contribution is 2.34. The van der Waals surface area contributed by atoms with Gasteiger partial charge in [0.15, 0.2) is 0 Å². The summed E-state index contributed by atoms with van der Waals surface area (Å²) < 4.78 is 43.0. The van der Waals surface area contributed by atoms with Gasteiger partial charge in [-0.15, -0.1) is 0 Å². The maximum absolute atomic E-state index is 13.7. The van der Waals surface area contributed by atoms with Crippen molar-refractivity contribution in [2.45, 2.75) is 26.1 Å². The minimum atomic E-state index is -4.60. The van der Waals surface area contributed by atoms with E-state index in [1.165, 1.54) is 12.4 Å². The molecule has 0 spiro atoms. The largest absolute Gasteiger partial charge is 0.416 e. The van der Waals surface area contributed by atoms with E-state index in [2.05, 4.69) is 30.6 Å². The maximum atomic E-state index is 13.7. The lowest BCUT2D eigenvalue weighted by molar-refractivity contribution is -0.137. The highest BCUT2D eigenvalue weighted by atomic mass is 19.4. The van der Waals surface area contributed by atoms with Gasteiger partial charge < -0.3 is 20.2 Å². The molecule has 0 radical (unpaired) electrons. The van der Waals surface area contributed by atoms with E-state index in [4.69, 9.17) is 0 Å². The van der Waals surface area contributed by atoms with Crippen molar-refractivity contribution in [3.8, 4) is 11.1 Å². The third-order valence-electron chi connectivity index (χ3n) is 7.09. The second kappa shape index (κ2) is 11.0. The number of benzene rings is 3. The van der Waals surface area contributed by atoms with Gasteiger partial charge in [0.05, 0.1) is 11.9 Å². The molecule has 11 heteroatoms. The van der Waals surface area contributed by atoms with Crippen LogP contribution in [0.1, 0.15) is 27.9 Å². The molecule has 8 nitrogen and oxygen atoms in total. The molecule has 3 aromatic heterocycles. The number of aromatic nitrogens is 5. The fraction of sp³-hybridized carbons (Fsp3) is 0.161. The van der Waals surface area contributed by atoms with Crippen LogP contribution in [0, 0.1) is 6.92 Å². The molecule has 3 aromatic carbocycles. The van der Waals surface area contributed by atoms with Gasteiger partial charge in [-0.05, 0) is 66.4 Å². The van der Waals surface area contributed by atoms with Gasteiger partial charge in [0, 0.05) is 64.9 Å². The first-order chi connectivity index (χ1) is 20.2. The molecule has 0 aliphatic carbocycles. The van der Waals surface area contributed by atoms with E-state index in [9.17, 15) is 18.0 Å². The van der Waals surface area contributed by atoms with Crippen molar-refractivity contribution in [3.63, 3.8) is 0 Å². The van der Waals surface area contributed by atoms with Crippen molar-refractivity contribution < 1.29 is 18.0 Å². The first-order valence-electron chi connectivity index (χ1n) is 13.3. The summed E-state index contributed by atoms with van der Waals surface area (Å²) in [5.41, 5.74) is 4.11. The SMILES string of the molecule is Cc1ccc(NC(=O)c2cc(NCCCn3ccnc3)cc(C(F)(F)F)c2)cc1-c1ccc2c(c1)[nH]c1ncncc12. The molecule has 212 valence electrons. The van der Waals surface area contributed by atoms with Crippen LogP contribution in [-0.4, -0.2) is 37.0 Å². The number of nitrogens with zero attached hydrogens (tertiary/aromatic N) is 4. The number of hydrogen-bond acceptors (Lipinski definition) is 5. The van der Waals surface area contributed by atoms with E-state index in [1.807, 2.05) is 48.0 Å². The van der Waals surface area contributed by atoms with Crippen LogP contribution in [-0.2, 0) is 12.7 Å². The summed E-state index contributed by atoms with van der Waals surface area (Å²) in [7, 11) is 0. The Morgan fingerprint density at radius 3 is 2.69 bits per heavy atom. The van der Waals surface area contributed by atoms with E-state index in [0.717, 1.165) is 50.8 Å². The number of aromatic amines is 1. The summed E-state index contributed by atoms with van der Waals surface area (Å²) in [5.74, 6) is -0.637. The molecular weight excluding hydrogens is 543 g/mol. The van der Waals surface area contributed by atoms with Crippen molar-refractivity contribution in [1.29, 1.82) is 0 Å². The molecule has 3 N–H and O–H groups in total. The Labute approximate surface area is 238 Å². The number of halogens is 3. The van der Waals surface area contributed by atoms with Crippen molar-refractivity contribution in [3.05, 3.63) is 103 Å². The monoisotopic (exact) mass is 569 g/mol. The number of rotatable bonds is 8. The van der Waals surface area contributed by atoms with E-state index in [0.29, 0.717) is 25.2 Å². The lowest BCUT2D eigenvalue weighted by Gasteiger charge is -2.15. The lowest BCUT2D eigenvalue weighted by atomic mass is 9.98. The number of carbonyl (C=O) groups excluding carboxylic acids is 1. The van der Waals surface area contributed by atoms with Crippen LogP contribution in [0.25, 0.3) is 33.1 Å². The Morgan fingerprint density at radius 1 is 1.00 bits per heavy atom. The standard InChI is InChI=1S/C31H26F3N7O/c1-19-3-5-23(15-26(19)20-4-6-25-27-16-36-17-38-29(27)40-28(25)13-20)39-30(42)21-11-22(31(32,33)34)14-24(12-21)37-7-2-9-41-10-8-35-18-41/h3-6,8,10-18,37H,2,7,9H2,1H3,(H,39,42)(H,36,38,40). The molecule has 1 amide bonds. The van der Waals surface area contributed by atoms with E-state index < -0.39 is 17.6 Å². The zero-order valence-electron chi connectivity index (χ0n) is 22.5. The summed E-state index contributed by atoms with van der Waals surface area (Å²) in [6.45, 7) is 3.05. The second-order valence-corrected chi connectivity index (χ2v) is 10.0. The summed E-state index contributed by atoms with van der Waals surface area (Å²) >= 11 is 0. The topological polar surface area (TPSA) is 101 Å². The summed E-state index contributed by atoms with van der Waals surface area (Å²) in [6.07, 6.45) is 4.47. The number of anilines is 2. The molecular formula is C31H26F3N7O. The Hall–Kier alpha value is -5.19. The average molecular weight is 570 g/mol. The van der Waals surface area contributed by atoms with E-state index in [-0.39, 0.29) is 11.3 Å². The van der Waals surface area contributed by atoms with Gasteiger partial charge >= 0.3 is 6.18 Å². The number of fused-ring (bicyclic) bond motifs is 3. The predicted octanol–water partition coefficient (Wildman–Crippen LogP) is 7.06. The maximum Gasteiger partial charge on any atom is 0.416 e. The zero-order chi connectivity index (χ0) is 29.3. The van der Waals surface area contributed by atoms with Gasteiger partial charge in [-0.3, -0.25) is 4.79 Å². The number of aryl methyl sites for hydroxylation is 2. The normalized spacial score (nSPS) is 11.7. The van der Waals surface area contributed by atoms with Crippen molar-refractivity contribution in [1.82, 2.24) is 24.5 Å². The third-order valence-corrected chi connectivity index (χ3v) is 7.09. The van der Waals surface area contributed by atoms with Crippen LogP contribution in [0.4, 0.5) is 24.5 Å². The minimum absolute atomic E-state index is 0.0929. The van der Waals surface area contributed by atoms with Crippen LogP contribution in [0.15, 0.2) is 85.8 Å². The summed E-state index contributed by atoms with van der Waals surface area (Å²) in [5, 5.41) is 7.71. The molecule has 0 fully saturated rings. The van der Waals surface area contributed by atoms with E-state index in [1.54, 1.807) is 24.8 Å². The number of hydrogen-bond donors (Lipinski definition) is 3. The Bertz CT molecular complexity index is 1890. The first-order valence-corrected chi connectivity index (χ1v) is 13.3. The average Bonchev–Trinajstić information content (AvgIpc) is 3.63.